The molecule has 1 amide bonds. The highest BCUT2D eigenvalue weighted by Crippen LogP contribution is 2.31. The zero-order valence-corrected chi connectivity index (χ0v) is 20.4. The van der Waals surface area contributed by atoms with Crippen LogP contribution in [0.4, 0.5) is 19.0 Å². The number of pyridine rings is 1. The predicted molar refractivity (Wildman–Crippen MR) is 132 cm³/mol. The summed E-state index contributed by atoms with van der Waals surface area (Å²) in [7, 11) is 0. The van der Waals surface area contributed by atoms with E-state index < -0.39 is 23.3 Å². The summed E-state index contributed by atoms with van der Waals surface area (Å²) in [6, 6.07) is 6.59. The molecule has 8 nitrogen and oxygen atoms in total. The second-order valence-electron chi connectivity index (χ2n) is 8.96. The summed E-state index contributed by atoms with van der Waals surface area (Å²) in [5.41, 5.74) is 1.56. The van der Waals surface area contributed by atoms with E-state index in [4.69, 9.17) is 11.6 Å². The van der Waals surface area contributed by atoms with Crippen molar-refractivity contribution in [3.05, 3.63) is 86.3 Å². The fourth-order valence-electron chi connectivity index (χ4n) is 4.61. The molecule has 1 aliphatic heterocycles. The fraction of sp³-hybridized carbons (Fsp3) is 0.280. The lowest BCUT2D eigenvalue weighted by Gasteiger charge is -2.17. The Morgan fingerprint density at radius 2 is 2.05 bits per heavy atom. The van der Waals surface area contributed by atoms with Crippen molar-refractivity contribution in [2.24, 2.45) is 0 Å². The molecule has 192 valence electrons. The Hall–Kier alpha value is -3.86. The minimum absolute atomic E-state index is 0.0701. The fourth-order valence-corrected chi connectivity index (χ4v) is 4.88. The van der Waals surface area contributed by atoms with E-state index in [-0.39, 0.29) is 30.0 Å². The number of amides is 1. The SMILES string of the molecule is Cc1cc(CNc2nc(Cl)c3n(c2=O)[C@H](C(=O)NCc2cc4cnccc4[nH]2)CC3)cc(C(F)(F)F)c1. The molecular weight excluding hydrogens is 509 g/mol. The van der Waals surface area contributed by atoms with E-state index in [0.717, 1.165) is 28.7 Å². The van der Waals surface area contributed by atoms with Crippen molar-refractivity contribution in [1.29, 1.82) is 0 Å². The first-order valence-corrected chi connectivity index (χ1v) is 11.9. The van der Waals surface area contributed by atoms with Crippen LogP contribution in [0.1, 0.15) is 40.5 Å². The molecule has 1 aromatic carbocycles. The maximum atomic E-state index is 13.2. The van der Waals surface area contributed by atoms with Crippen molar-refractivity contribution < 1.29 is 18.0 Å². The number of aromatic amines is 1. The van der Waals surface area contributed by atoms with E-state index in [1.165, 1.54) is 4.57 Å². The second-order valence-corrected chi connectivity index (χ2v) is 9.32. The molecule has 0 saturated carbocycles. The number of benzene rings is 1. The summed E-state index contributed by atoms with van der Waals surface area (Å²) in [5, 5.41) is 6.64. The molecule has 0 aliphatic carbocycles. The number of rotatable bonds is 6. The van der Waals surface area contributed by atoms with E-state index in [2.05, 4.69) is 25.6 Å². The molecule has 1 atom stereocenters. The molecule has 5 rings (SSSR count). The van der Waals surface area contributed by atoms with Crippen molar-refractivity contribution in [3.63, 3.8) is 0 Å². The molecule has 1 aliphatic rings. The average Bonchev–Trinajstić information content (AvgIpc) is 3.48. The lowest BCUT2D eigenvalue weighted by molar-refractivity contribution is -0.137. The van der Waals surface area contributed by atoms with Gasteiger partial charge in [-0.1, -0.05) is 23.2 Å². The number of nitrogens with one attached hydrogen (secondary N) is 3. The number of alkyl halides is 3. The van der Waals surface area contributed by atoms with Gasteiger partial charge in [0.05, 0.1) is 17.8 Å². The number of hydrogen-bond donors (Lipinski definition) is 3. The van der Waals surface area contributed by atoms with Gasteiger partial charge in [0.25, 0.3) is 5.56 Å². The zero-order valence-electron chi connectivity index (χ0n) is 19.6. The van der Waals surface area contributed by atoms with Gasteiger partial charge in [0.1, 0.15) is 6.04 Å². The van der Waals surface area contributed by atoms with Gasteiger partial charge >= 0.3 is 6.18 Å². The number of aryl methyl sites for hydroxylation is 1. The first kappa shape index (κ1) is 24.8. The summed E-state index contributed by atoms with van der Waals surface area (Å²) in [6.45, 7) is 1.72. The van der Waals surface area contributed by atoms with Crippen molar-refractivity contribution in [3.8, 4) is 0 Å². The minimum Gasteiger partial charge on any atom is -0.361 e. The van der Waals surface area contributed by atoms with Crippen LogP contribution in [0.5, 0.6) is 0 Å². The monoisotopic (exact) mass is 530 g/mol. The summed E-state index contributed by atoms with van der Waals surface area (Å²) in [4.78, 5) is 37.7. The summed E-state index contributed by atoms with van der Waals surface area (Å²) in [5.74, 6) is -0.481. The van der Waals surface area contributed by atoms with Gasteiger partial charge in [-0.2, -0.15) is 13.2 Å². The standard InChI is InChI=1S/C25H22ClF3N6O2/c1-13-6-14(8-16(7-13)25(27,28)29)10-31-22-24(37)35-19(21(26)34-22)2-3-20(35)23(36)32-12-17-9-15-11-30-5-4-18(15)33-17/h4-9,11,20,33H,2-3,10,12H2,1H3,(H,31,34)(H,32,36)/t20-/m0/s1. The van der Waals surface area contributed by atoms with Crippen LogP contribution in [0.25, 0.3) is 10.9 Å². The van der Waals surface area contributed by atoms with Gasteiger partial charge in [0.2, 0.25) is 5.91 Å². The smallest absolute Gasteiger partial charge is 0.361 e. The maximum Gasteiger partial charge on any atom is 0.416 e. The summed E-state index contributed by atoms with van der Waals surface area (Å²) < 4.78 is 40.8. The maximum absolute atomic E-state index is 13.2. The van der Waals surface area contributed by atoms with Gasteiger partial charge < -0.3 is 15.6 Å². The van der Waals surface area contributed by atoms with Gasteiger partial charge in [-0.25, -0.2) is 4.98 Å². The van der Waals surface area contributed by atoms with Crippen LogP contribution in [0.2, 0.25) is 5.15 Å². The molecule has 37 heavy (non-hydrogen) atoms. The van der Waals surface area contributed by atoms with Gasteiger partial charge in [-0.3, -0.25) is 19.1 Å². The Morgan fingerprint density at radius 3 is 2.81 bits per heavy atom. The number of hydrogen-bond acceptors (Lipinski definition) is 5. The molecule has 3 N–H and O–H groups in total. The first-order chi connectivity index (χ1) is 17.6. The number of H-pyrrole nitrogens is 1. The number of fused-ring (bicyclic) bond motifs is 2. The molecular formula is C25H22ClF3N6O2. The third-order valence-corrected chi connectivity index (χ3v) is 6.59. The van der Waals surface area contributed by atoms with Crippen LogP contribution >= 0.6 is 11.6 Å². The molecule has 12 heteroatoms. The third-order valence-electron chi connectivity index (χ3n) is 6.28. The number of carbonyl (C=O) groups excluding carboxylic acids is 1. The quantitative estimate of drug-likeness (QED) is 0.340. The molecule has 0 radical (unpaired) electrons. The molecule has 0 bridgehead atoms. The van der Waals surface area contributed by atoms with Gasteiger partial charge in [-0.05, 0) is 49.6 Å². The van der Waals surface area contributed by atoms with Crippen molar-refractivity contribution >= 4 is 34.2 Å². The lowest BCUT2D eigenvalue weighted by atomic mass is 10.1. The average molecular weight is 531 g/mol. The molecule has 4 aromatic rings. The van der Waals surface area contributed by atoms with Gasteiger partial charge in [0.15, 0.2) is 11.0 Å². The van der Waals surface area contributed by atoms with Crippen LogP contribution in [-0.4, -0.2) is 25.4 Å². The Bertz CT molecular complexity index is 1530. The van der Waals surface area contributed by atoms with Crippen molar-refractivity contribution in [2.75, 3.05) is 5.32 Å². The third kappa shape index (κ3) is 5.04. The molecule has 0 unspecified atom stereocenters. The normalized spacial score (nSPS) is 15.1. The predicted octanol–water partition coefficient (Wildman–Crippen LogP) is 4.52. The van der Waals surface area contributed by atoms with E-state index in [1.807, 2.05) is 12.1 Å². The number of aromatic nitrogens is 4. The number of anilines is 1. The van der Waals surface area contributed by atoms with Crippen LogP contribution < -0.4 is 16.2 Å². The molecule has 0 spiro atoms. The topological polar surface area (TPSA) is 105 Å². The van der Waals surface area contributed by atoms with E-state index in [1.54, 1.807) is 25.4 Å². The van der Waals surface area contributed by atoms with Gasteiger partial charge in [0, 0.05) is 35.5 Å². The largest absolute Gasteiger partial charge is 0.416 e. The van der Waals surface area contributed by atoms with Crippen LogP contribution in [0.15, 0.2) is 47.5 Å². The molecule has 0 fully saturated rings. The Morgan fingerprint density at radius 1 is 1.24 bits per heavy atom. The second kappa shape index (κ2) is 9.55. The highest BCUT2D eigenvalue weighted by molar-refractivity contribution is 6.30. The Kier molecular flexibility index (Phi) is 6.40. The van der Waals surface area contributed by atoms with E-state index >= 15 is 0 Å². The summed E-state index contributed by atoms with van der Waals surface area (Å²) >= 11 is 6.32. The van der Waals surface area contributed by atoms with E-state index in [0.29, 0.717) is 29.7 Å². The minimum atomic E-state index is -4.49. The summed E-state index contributed by atoms with van der Waals surface area (Å²) in [6.07, 6.45) is -0.339. The molecule has 4 heterocycles. The van der Waals surface area contributed by atoms with Crippen LogP contribution in [0.3, 0.4) is 0 Å². The van der Waals surface area contributed by atoms with Crippen LogP contribution in [0, 0.1) is 6.92 Å². The number of carbonyl (C=O) groups is 1. The molecule has 3 aromatic heterocycles. The Balaban J connectivity index is 1.34. The highest BCUT2D eigenvalue weighted by atomic mass is 35.5. The van der Waals surface area contributed by atoms with E-state index in [9.17, 15) is 22.8 Å². The zero-order chi connectivity index (χ0) is 26.3. The lowest BCUT2D eigenvalue weighted by Crippen LogP contribution is -2.36. The van der Waals surface area contributed by atoms with Crippen molar-refractivity contribution in [1.82, 2.24) is 24.8 Å². The number of halogens is 4. The number of nitrogens with zero attached hydrogens (tertiary/aromatic N) is 3. The van der Waals surface area contributed by atoms with Crippen LogP contribution in [-0.2, 0) is 30.5 Å². The molecule has 0 saturated heterocycles. The Labute approximate surface area is 213 Å². The first-order valence-electron chi connectivity index (χ1n) is 11.5. The van der Waals surface area contributed by atoms with Gasteiger partial charge in [-0.15, -0.1) is 0 Å². The van der Waals surface area contributed by atoms with Crippen molar-refractivity contribution in [2.45, 2.75) is 45.1 Å². The highest BCUT2D eigenvalue weighted by Gasteiger charge is 2.33.